The topological polar surface area (TPSA) is 70.1 Å². The van der Waals surface area contributed by atoms with Crippen LogP contribution in [0.15, 0.2) is 18.2 Å². The standard InChI is InChI=1S/C18H28N2O4/c1-5-6-20(13-18(22)23)12-17(21)19(4)7-8-24-16-10-14(2)9-15(3)11-16/h9-11H,5-8,12-13H2,1-4H3,(H,22,23). The van der Waals surface area contributed by atoms with E-state index in [1.54, 1.807) is 16.8 Å². The Kier molecular flexibility index (Phi) is 8.26. The summed E-state index contributed by atoms with van der Waals surface area (Å²) in [5.41, 5.74) is 2.27. The quantitative estimate of drug-likeness (QED) is 0.707. The molecule has 1 rings (SSSR count). The van der Waals surface area contributed by atoms with Crippen molar-refractivity contribution < 1.29 is 19.4 Å². The van der Waals surface area contributed by atoms with Crippen LogP contribution in [0, 0.1) is 13.8 Å². The molecule has 0 bridgehead atoms. The molecule has 1 amide bonds. The van der Waals surface area contributed by atoms with Crippen molar-refractivity contribution in [1.29, 1.82) is 0 Å². The van der Waals surface area contributed by atoms with E-state index in [0.717, 1.165) is 23.3 Å². The number of carbonyl (C=O) groups is 2. The lowest BCUT2D eigenvalue weighted by atomic mass is 10.1. The maximum atomic E-state index is 12.2. The smallest absolute Gasteiger partial charge is 0.317 e. The number of aliphatic carboxylic acids is 1. The van der Waals surface area contributed by atoms with E-state index in [1.165, 1.54) is 0 Å². The van der Waals surface area contributed by atoms with Gasteiger partial charge in [0.05, 0.1) is 19.6 Å². The van der Waals surface area contributed by atoms with Crippen molar-refractivity contribution in [2.75, 3.05) is 39.8 Å². The molecule has 0 heterocycles. The van der Waals surface area contributed by atoms with Crippen LogP contribution in [-0.4, -0.2) is 66.6 Å². The molecule has 134 valence electrons. The van der Waals surface area contributed by atoms with Crippen LogP contribution < -0.4 is 4.74 Å². The number of carboxylic acids is 1. The predicted octanol–water partition coefficient (Wildman–Crippen LogP) is 1.94. The van der Waals surface area contributed by atoms with Crippen LogP contribution in [0.2, 0.25) is 0 Å². The highest BCUT2D eigenvalue weighted by Crippen LogP contribution is 2.16. The van der Waals surface area contributed by atoms with Crippen molar-refractivity contribution in [2.24, 2.45) is 0 Å². The first-order valence-corrected chi connectivity index (χ1v) is 8.21. The van der Waals surface area contributed by atoms with Crippen LogP contribution in [0.4, 0.5) is 0 Å². The minimum atomic E-state index is -0.919. The average Bonchev–Trinajstić information content (AvgIpc) is 2.45. The molecule has 0 saturated carbocycles. The second-order valence-electron chi connectivity index (χ2n) is 6.09. The maximum Gasteiger partial charge on any atom is 0.317 e. The molecule has 0 aliphatic rings. The number of aryl methyl sites for hydroxylation is 2. The minimum absolute atomic E-state index is 0.103. The van der Waals surface area contributed by atoms with Gasteiger partial charge in [0.1, 0.15) is 12.4 Å². The Hall–Kier alpha value is -2.08. The monoisotopic (exact) mass is 336 g/mol. The number of carboxylic acid groups (broad SMARTS) is 1. The molecule has 1 aromatic carbocycles. The summed E-state index contributed by atoms with van der Waals surface area (Å²) in [4.78, 5) is 26.3. The number of likely N-dealkylation sites (N-methyl/N-ethyl adjacent to an activating group) is 1. The van der Waals surface area contributed by atoms with Crippen LogP contribution in [0.1, 0.15) is 24.5 Å². The van der Waals surface area contributed by atoms with Gasteiger partial charge in [0.25, 0.3) is 0 Å². The zero-order valence-corrected chi connectivity index (χ0v) is 15.0. The van der Waals surface area contributed by atoms with E-state index in [1.807, 2.05) is 32.9 Å². The lowest BCUT2D eigenvalue weighted by Crippen LogP contribution is -2.42. The second kappa shape index (κ2) is 9.93. The van der Waals surface area contributed by atoms with Crippen LogP contribution in [0.25, 0.3) is 0 Å². The van der Waals surface area contributed by atoms with E-state index in [0.29, 0.717) is 19.7 Å². The molecule has 0 aliphatic heterocycles. The molecule has 0 atom stereocenters. The van der Waals surface area contributed by atoms with Crippen molar-refractivity contribution >= 4 is 11.9 Å². The third-order valence-electron chi connectivity index (χ3n) is 3.57. The number of ether oxygens (including phenoxy) is 1. The fourth-order valence-electron chi connectivity index (χ4n) is 2.47. The molecule has 0 radical (unpaired) electrons. The third kappa shape index (κ3) is 7.46. The van der Waals surface area contributed by atoms with Gasteiger partial charge < -0.3 is 14.7 Å². The summed E-state index contributed by atoms with van der Waals surface area (Å²) in [5.74, 6) is -0.224. The Morgan fingerprint density at radius 2 is 1.71 bits per heavy atom. The van der Waals surface area contributed by atoms with Crippen molar-refractivity contribution in [3.05, 3.63) is 29.3 Å². The molecule has 0 fully saturated rings. The van der Waals surface area contributed by atoms with Crippen molar-refractivity contribution in [3.8, 4) is 5.75 Å². The lowest BCUT2D eigenvalue weighted by Gasteiger charge is -2.23. The Morgan fingerprint density at radius 1 is 1.08 bits per heavy atom. The second-order valence-corrected chi connectivity index (χ2v) is 6.09. The van der Waals surface area contributed by atoms with E-state index in [2.05, 4.69) is 6.07 Å². The predicted molar refractivity (Wildman–Crippen MR) is 93.4 cm³/mol. The molecular formula is C18H28N2O4. The number of hydrogen-bond acceptors (Lipinski definition) is 4. The molecule has 6 nitrogen and oxygen atoms in total. The first-order valence-electron chi connectivity index (χ1n) is 8.21. The Balaban J connectivity index is 2.43. The van der Waals surface area contributed by atoms with Crippen molar-refractivity contribution in [3.63, 3.8) is 0 Å². The molecule has 0 aromatic heterocycles. The van der Waals surface area contributed by atoms with Gasteiger partial charge in [-0.05, 0) is 50.1 Å². The van der Waals surface area contributed by atoms with Crippen LogP contribution >= 0.6 is 0 Å². The van der Waals surface area contributed by atoms with Crippen molar-refractivity contribution in [1.82, 2.24) is 9.80 Å². The van der Waals surface area contributed by atoms with Gasteiger partial charge in [-0.25, -0.2) is 0 Å². The van der Waals surface area contributed by atoms with Crippen molar-refractivity contribution in [2.45, 2.75) is 27.2 Å². The summed E-state index contributed by atoms with van der Waals surface area (Å²) in [6.45, 7) is 7.43. The average molecular weight is 336 g/mol. The minimum Gasteiger partial charge on any atom is -0.492 e. The van der Waals surface area contributed by atoms with E-state index in [-0.39, 0.29) is 19.0 Å². The zero-order valence-electron chi connectivity index (χ0n) is 15.0. The summed E-state index contributed by atoms with van der Waals surface area (Å²) in [7, 11) is 1.71. The van der Waals surface area contributed by atoms with Gasteiger partial charge in [0, 0.05) is 7.05 Å². The molecule has 0 aliphatic carbocycles. The highest BCUT2D eigenvalue weighted by atomic mass is 16.5. The number of hydrogen-bond donors (Lipinski definition) is 1. The maximum absolute atomic E-state index is 12.2. The van der Waals surface area contributed by atoms with E-state index in [4.69, 9.17) is 9.84 Å². The Labute approximate surface area is 144 Å². The molecule has 24 heavy (non-hydrogen) atoms. The molecule has 0 spiro atoms. The normalized spacial score (nSPS) is 10.7. The Morgan fingerprint density at radius 3 is 2.25 bits per heavy atom. The molecule has 6 heteroatoms. The number of rotatable bonds is 10. The third-order valence-corrected chi connectivity index (χ3v) is 3.57. The fourth-order valence-corrected chi connectivity index (χ4v) is 2.47. The van der Waals surface area contributed by atoms with Gasteiger partial charge in [0.15, 0.2) is 0 Å². The summed E-state index contributed by atoms with van der Waals surface area (Å²) in [6, 6.07) is 6.00. The first kappa shape index (κ1) is 20.0. The van der Waals surface area contributed by atoms with Gasteiger partial charge >= 0.3 is 5.97 Å². The number of benzene rings is 1. The van der Waals surface area contributed by atoms with E-state index in [9.17, 15) is 9.59 Å². The number of carbonyl (C=O) groups excluding carboxylic acids is 1. The summed E-state index contributed by atoms with van der Waals surface area (Å²) >= 11 is 0. The summed E-state index contributed by atoms with van der Waals surface area (Å²) < 4.78 is 5.70. The summed E-state index contributed by atoms with van der Waals surface area (Å²) in [6.07, 6.45) is 0.806. The summed E-state index contributed by atoms with van der Waals surface area (Å²) in [5, 5.41) is 8.89. The largest absolute Gasteiger partial charge is 0.492 e. The number of nitrogens with zero attached hydrogens (tertiary/aromatic N) is 2. The highest BCUT2D eigenvalue weighted by Gasteiger charge is 2.16. The van der Waals surface area contributed by atoms with E-state index < -0.39 is 5.97 Å². The van der Waals surface area contributed by atoms with Gasteiger partial charge in [-0.15, -0.1) is 0 Å². The Bertz CT molecular complexity index is 540. The van der Waals surface area contributed by atoms with Gasteiger partial charge in [-0.1, -0.05) is 13.0 Å². The van der Waals surface area contributed by atoms with Crippen LogP contribution in [0.5, 0.6) is 5.75 Å². The van der Waals surface area contributed by atoms with Gasteiger partial charge in [0.2, 0.25) is 5.91 Å². The van der Waals surface area contributed by atoms with Crippen LogP contribution in [0.3, 0.4) is 0 Å². The number of amides is 1. The van der Waals surface area contributed by atoms with Crippen LogP contribution in [-0.2, 0) is 9.59 Å². The molecular weight excluding hydrogens is 308 g/mol. The van der Waals surface area contributed by atoms with Gasteiger partial charge in [-0.3, -0.25) is 14.5 Å². The van der Waals surface area contributed by atoms with Gasteiger partial charge in [-0.2, -0.15) is 0 Å². The first-order chi connectivity index (χ1) is 11.3. The lowest BCUT2D eigenvalue weighted by molar-refractivity contribution is -0.139. The molecule has 1 N–H and O–H groups in total. The fraction of sp³-hybridized carbons (Fsp3) is 0.556. The van der Waals surface area contributed by atoms with E-state index >= 15 is 0 Å². The molecule has 0 saturated heterocycles. The molecule has 0 unspecified atom stereocenters. The zero-order chi connectivity index (χ0) is 18.1. The molecule has 1 aromatic rings. The SMILES string of the molecule is CCCN(CC(=O)O)CC(=O)N(C)CCOc1cc(C)cc(C)c1. The highest BCUT2D eigenvalue weighted by molar-refractivity contribution is 5.79.